The summed E-state index contributed by atoms with van der Waals surface area (Å²) < 4.78 is 1.92. The van der Waals surface area contributed by atoms with Gasteiger partial charge >= 0.3 is 5.97 Å². The summed E-state index contributed by atoms with van der Waals surface area (Å²) in [5, 5.41) is 16.8. The van der Waals surface area contributed by atoms with Crippen molar-refractivity contribution in [2.24, 2.45) is 5.92 Å². The number of aromatic nitrogens is 2. The Hall–Kier alpha value is -2.63. The van der Waals surface area contributed by atoms with Crippen molar-refractivity contribution in [3.8, 4) is 5.69 Å². The highest BCUT2D eigenvalue weighted by Crippen LogP contribution is 2.30. The van der Waals surface area contributed by atoms with E-state index in [2.05, 4.69) is 10.4 Å². The SMILES string of the molecule is Cc1ccccc1-n1nc(C(=O)N[C@@H]2CC[C@H](C(=O)O)C2)c2c1CCC2. The minimum atomic E-state index is -0.772. The van der Waals surface area contributed by atoms with Crippen LogP contribution in [-0.4, -0.2) is 32.8 Å². The first-order valence-electron chi connectivity index (χ1n) is 9.25. The van der Waals surface area contributed by atoms with Crippen molar-refractivity contribution < 1.29 is 14.7 Å². The summed E-state index contributed by atoms with van der Waals surface area (Å²) in [6.07, 6.45) is 4.66. The Morgan fingerprint density at radius 2 is 2.04 bits per heavy atom. The molecular formula is C20H23N3O3. The van der Waals surface area contributed by atoms with E-state index in [1.807, 2.05) is 35.9 Å². The molecule has 0 spiro atoms. The van der Waals surface area contributed by atoms with Crippen molar-refractivity contribution in [2.75, 3.05) is 0 Å². The molecule has 1 heterocycles. The van der Waals surface area contributed by atoms with Gasteiger partial charge in [0.1, 0.15) is 0 Å². The van der Waals surface area contributed by atoms with Crippen LogP contribution in [0, 0.1) is 12.8 Å². The number of carboxylic acid groups (broad SMARTS) is 1. The predicted molar refractivity (Wildman–Crippen MR) is 96.6 cm³/mol. The average molecular weight is 353 g/mol. The van der Waals surface area contributed by atoms with Crippen LogP contribution in [0.1, 0.15) is 53.0 Å². The fourth-order valence-corrected chi connectivity index (χ4v) is 4.21. The van der Waals surface area contributed by atoms with Gasteiger partial charge in [0.15, 0.2) is 5.69 Å². The molecule has 6 heteroatoms. The number of nitrogens with zero attached hydrogens (tertiary/aromatic N) is 2. The smallest absolute Gasteiger partial charge is 0.306 e. The van der Waals surface area contributed by atoms with Gasteiger partial charge in [-0.2, -0.15) is 5.10 Å². The van der Waals surface area contributed by atoms with Gasteiger partial charge in [-0.15, -0.1) is 0 Å². The standard InChI is InChI=1S/C20H23N3O3/c1-12-5-2-3-7-16(12)23-17-8-4-6-15(17)18(22-23)19(24)21-14-10-9-13(11-14)20(25)26/h2-3,5,7,13-14H,4,6,8-11H2,1H3,(H,21,24)(H,25,26)/t13-,14+/m0/s1. The van der Waals surface area contributed by atoms with Crippen molar-refractivity contribution in [1.82, 2.24) is 15.1 Å². The van der Waals surface area contributed by atoms with Crippen LogP contribution in [0.25, 0.3) is 5.69 Å². The molecule has 2 atom stereocenters. The van der Waals surface area contributed by atoms with E-state index in [9.17, 15) is 9.59 Å². The Kier molecular flexibility index (Phi) is 4.26. The van der Waals surface area contributed by atoms with Gasteiger partial charge in [0.05, 0.1) is 11.6 Å². The van der Waals surface area contributed by atoms with Crippen LogP contribution < -0.4 is 5.32 Å². The molecular weight excluding hydrogens is 330 g/mol. The van der Waals surface area contributed by atoms with Crippen LogP contribution in [0.4, 0.5) is 0 Å². The lowest BCUT2D eigenvalue weighted by atomic mass is 10.1. The molecule has 1 aromatic heterocycles. The molecule has 1 aromatic carbocycles. The summed E-state index contributed by atoms with van der Waals surface area (Å²) in [7, 11) is 0. The van der Waals surface area contributed by atoms with E-state index in [-0.39, 0.29) is 17.9 Å². The molecule has 26 heavy (non-hydrogen) atoms. The van der Waals surface area contributed by atoms with Crippen LogP contribution in [0.5, 0.6) is 0 Å². The lowest BCUT2D eigenvalue weighted by Gasteiger charge is -2.12. The number of para-hydroxylation sites is 1. The molecule has 1 saturated carbocycles. The van der Waals surface area contributed by atoms with Crippen LogP contribution in [0.3, 0.4) is 0 Å². The molecule has 0 aliphatic heterocycles. The van der Waals surface area contributed by atoms with Gasteiger partial charge < -0.3 is 10.4 Å². The molecule has 0 unspecified atom stereocenters. The summed E-state index contributed by atoms with van der Waals surface area (Å²) in [4.78, 5) is 24.0. The average Bonchev–Trinajstić information content (AvgIpc) is 3.31. The second-order valence-electron chi connectivity index (χ2n) is 7.34. The number of aliphatic carboxylic acids is 1. The quantitative estimate of drug-likeness (QED) is 0.885. The Labute approximate surface area is 152 Å². The minimum absolute atomic E-state index is 0.0794. The zero-order chi connectivity index (χ0) is 18.3. The van der Waals surface area contributed by atoms with E-state index in [1.54, 1.807) is 0 Å². The molecule has 136 valence electrons. The number of amides is 1. The molecule has 1 fully saturated rings. The highest BCUT2D eigenvalue weighted by atomic mass is 16.4. The van der Waals surface area contributed by atoms with E-state index < -0.39 is 5.97 Å². The zero-order valence-electron chi connectivity index (χ0n) is 14.9. The summed E-state index contributed by atoms with van der Waals surface area (Å²) in [6, 6.07) is 7.97. The third-order valence-electron chi connectivity index (χ3n) is 5.61. The first-order valence-corrected chi connectivity index (χ1v) is 9.25. The molecule has 0 bridgehead atoms. The number of carboxylic acids is 1. The molecule has 2 aliphatic rings. The van der Waals surface area contributed by atoms with Gasteiger partial charge in [0, 0.05) is 17.3 Å². The maximum Gasteiger partial charge on any atom is 0.306 e. The highest BCUT2D eigenvalue weighted by molar-refractivity contribution is 5.94. The van der Waals surface area contributed by atoms with Crippen LogP contribution in [0.15, 0.2) is 24.3 Å². The highest BCUT2D eigenvalue weighted by Gasteiger charge is 2.33. The number of benzene rings is 1. The number of aryl methyl sites for hydroxylation is 1. The van der Waals surface area contributed by atoms with Gasteiger partial charge in [0.2, 0.25) is 0 Å². The van der Waals surface area contributed by atoms with E-state index in [1.165, 1.54) is 0 Å². The summed E-state index contributed by atoms with van der Waals surface area (Å²) in [5.74, 6) is -1.30. The van der Waals surface area contributed by atoms with Gasteiger partial charge in [-0.05, 0) is 57.1 Å². The van der Waals surface area contributed by atoms with Gasteiger partial charge in [-0.25, -0.2) is 4.68 Å². The lowest BCUT2D eigenvalue weighted by Crippen LogP contribution is -2.34. The molecule has 4 rings (SSSR count). The monoisotopic (exact) mass is 353 g/mol. The van der Waals surface area contributed by atoms with Gasteiger partial charge in [-0.1, -0.05) is 18.2 Å². The second kappa shape index (κ2) is 6.59. The molecule has 2 aliphatic carbocycles. The van der Waals surface area contributed by atoms with Gasteiger partial charge in [0.25, 0.3) is 5.91 Å². The summed E-state index contributed by atoms with van der Waals surface area (Å²) in [6.45, 7) is 2.04. The van der Waals surface area contributed by atoms with E-state index in [4.69, 9.17) is 5.11 Å². The molecule has 2 N–H and O–H groups in total. The zero-order valence-corrected chi connectivity index (χ0v) is 14.9. The Balaban J connectivity index is 1.60. The maximum atomic E-state index is 12.8. The van der Waals surface area contributed by atoms with E-state index >= 15 is 0 Å². The normalized spacial score (nSPS) is 21.6. The largest absolute Gasteiger partial charge is 0.481 e. The first-order chi connectivity index (χ1) is 12.5. The number of hydrogen-bond acceptors (Lipinski definition) is 3. The number of nitrogens with one attached hydrogen (secondary N) is 1. The number of rotatable bonds is 4. The number of carbonyl (C=O) groups excluding carboxylic acids is 1. The lowest BCUT2D eigenvalue weighted by molar-refractivity contribution is -0.141. The van der Waals surface area contributed by atoms with Crippen molar-refractivity contribution >= 4 is 11.9 Å². The predicted octanol–water partition coefficient (Wildman–Crippen LogP) is 2.65. The number of fused-ring (bicyclic) bond motifs is 1. The number of hydrogen-bond donors (Lipinski definition) is 2. The van der Waals surface area contributed by atoms with Crippen molar-refractivity contribution in [2.45, 2.75) is 51.5 Å². The van der Waals surface area contributed by atoms with Crippen LogP contribution in [-0.2, 0) is 17.6 Å². The third-order valence-corrected chi connectivity index (χ3v) is 5.61. The Morgan fingerprint density at radius 3 is 2.77 bits per heavy atom. The first kappa shape index (κ1) is 16.8. The fourth-order valence-electron chi connectivity index (χ4n) is 4.21. The Morgan fingerprint density at radius 1 is 1.23 bits per heavy atom. The Bertz CT molecular complexity index is 871. The summed E-state index contributed by atoms with van der Waals surface area (Å²) in [5.41, 5.74) is 4.80. The summed E-state index contributed by atoms with van der Waals surface area (Å²) >= 11 is 0. The van der Waals surface area contributed by atoms with Crippen molar-refractivity contribution in [3.05, 3.63) is 46.8 Å². The van der Waals surface area contributed by atoms with Gasteiger partial charge in [-0.3, -0.25) is 9.59 Å². The fraction of sp³-hybridized carbons (Fsp3) is 0.450. The molecule has 2 aromatic rings. The van der Waals surface area contributed by atoms with Crippen LogP contribution in [0.2, 0.25) is 0 Å². The van der Waals surface area contributed by atoms with Crippen molar-refractivity contribution in [3.63, 3.8) is 0 Å². The second-order valence-corrected chi connectivity index (χ2v) is 7.34. The van der Waals surface area contributed by atoms with E-state index in [0.29, 0.717) is 25.0 Å². The maximum absolute atomic E-state index is 12.8. The third kappa shape index (κ3) is 2.89. The minimum Gasteiger partial charge on any atom is -0.481 e. The van der Waals surface area contributed by atoms with Crippen molar-refractivity contribution in [1.29, 1.82) is 0 Å². The molecule has 6 nitrogen and oxygen atoms in total. The molecule has 1 amide bonds. The molecule has 0 saturated heterocycles. The number of carbonyl (C=O) groups is 2. The molecule has 0 radical (unpaired) electrons. The van der Waals surface area contributed by atoms with Crippen LogP contribution >= 0.6 is 0 Å². The topological polar surface area (TPSA) is 84.2 Å². The van der Waals surface area contributed by atoms with E-state index in [0.717, 1.165) is 41.8 Å².